The van der Waals surface area contributed by atoms with Gasteiger partial charge in [0.25, 0.3) is 5.91 Å². The van der Waals surface area contributed by atoms with Gasteiger partial charge in [-0.25, -0.2) is 4.79 Å². The molecule has 0 aliphatic rings. The molecular formula is C13H18F3N3O3. The largest absolute Gasteiger partial charge is 0.480 e. The molecule has 1 rings (SSSR count). The van der Waals surface area contributed by atoms with Crippen LogP contribution in [0.2, 0.25) is 0 Å². The number of amides is 1. The second-order valence-corrected chi connectivity index (χ2v) is 5.40. The van der Waals surface area contributed by atoms with Gasteiger partial charge in [0.15, 0.2) is 0 Å². The van der Waals surface area contributed by atoms with Crippen molar-refractivity contribution in [3.63, 3.8) is 0 Å². The number of aliphatic carboxylic acids is 1. The zero-order chi connectivity index (χ0) is 17.1. The number of nitrogens with zero attached hydrogens (tertiary/aromatic N) is 2. The fourth-order valence-electron chi connectivity index (χ4n) is 1.87. The second-order valence-electron chi connectivity index (χ2n) is 5.40. The monoisotopic (exact) mass is 321 g/mol. The Balaban J connectivity index is 2.87. The molecule has 0 aliphatic carbocycles. The van der Waals surface area contributed by atoms with Crippen LogP contribution >= 0.6 is 0 Å². The number of carbonyl (C=O) groups excluding carboxylic acids is 1. The van der Waals surface area contributed by atoms with Crippen molar-refractivity contribution in [3.05, 3.63) is 17.5 Å². The minimum atomic E-state index is -4.69. The van der Waals surface area contributed by atoms with Crippen LogP contribution in [-0.4, -0.2) is 39.0 Å². The molecule has 1 amide bonds. The summed E-state index contributed by atoms with van der Waals surface area (Å²) in [6.45, 7) is 6.04. The lowest BCUT2D eigenvalue weighted by atomic mass is 10.1. The molecule has 0 spiro atoms. The van der Waals surface area contributed by atoms with E-state index in [0.29, 0.717) is 12.2 Å². The third kappa shape index (κ3) is 5.05. The molecule has 124 valence electrons. The molecule has 0 radical (unpaired) electrons. The topological polar surface area (TPSA) is 84.2 Å². The van der Waals surface area contributed by atoms with Gasteiger partial charge in [0.1, 0.15) is 6.04 Å². The van der Waals surface area contributed by atoms with Crippen molar-refractivity contribution in [1.82, 2.24) is 15.1 Å². The second kappa shape index (κ2) is 6.80. The van der Waals surface area contributed by atoms with E-state index in [2.05, 4.69) is 5.10 Å². The number of alkyl halides is 3. The highest BCUT2D eigenvalue weighted by Crippen LogP contribution is 2.22. The maximum atomic E-state index is 12.3. The van der Waals surface area contributed by atoms with Crippen LogP contribution in [0.1, 0.15) is 36.3 Å². The van der Waals surface area contributed by atoms with Crippen LogP contribution in [0.25, 0.3) is 0 Å². The summed E-state index contributed by atoms with van der Waals surface area (Å²) >= 11 is 0. The zero-order valence-corrected chi connectivity index (χ0v) is 12.4. The van der Waals surface area contributed by atoms with Crippen LogP contribution in [0, 0.1) is 12.8 Å². The number of halogens is 3. The lowest BCUT2D eigenvalue weighted by Gasteiger charge is -2.16. The number of nitrogens with one attached hydrogen (secondary N) is 1. The Kier molecular flexibility index (Phi) is 5.56. The predicted molar refractivity (Wildman–Crippen MR) is 71.4 cm³/mol. The fourth-order valence-corrected chi connectivity index (χ4v) is 1.87. The van der Waals surface area contributed by atoms with Gasteiger partial charge in [-0.05, 0) is 12.8 Å². The molecule has 1 unspecified atom stereocenters. The maximum absolute atomic E-state index is 12.3. The average molecular weight is 321 g/mol. The Bertz CT molecular complexity index is 552. The number of rotatable bonds is 6. The van der Waals surface area contributed by atoms with Crippen LogP contribution < -0.4 is 5.32 Å². The molecule has 0 saturated carbocycles. The van der Waals surface area contributed by atoms with Gasteiger partial charge in [-0.1, -0.05) is 13.8 Å². The summed E-state index contributed by atoms with van der Waals surface area (Å²) in [7, 11) is 0. The molecule has 0 aliphatic heterocycles. The molecule has 22 heavy (non-hydrogen) atoms. The fraction of sp³-hybridized carbons (Fsp3) is 0.615. The highest BCUT2D eigenvalue weighted by Gasteiger charge is 2.36. The highest BCUT2D eigenvalue weighted by atomic mass is 19.4. The summed E-state index contributed by atoms with van der Waals surface area (Å²) in [4.78, 5) is 22.8. The van der Waals surface area contributed by atoms with Crippen LogP contribution in [-0.2, 0) is 11.3 Å². The SMILES string of the molecule is Cc1c(C(=O)NC(CC(F)(F)F)C(=O)O)cnn1CC(C)C. The third-order valence-electron chi connectivity index (χ3n) is 2.92. The minimum absolute atomic E-state index is 0.0640. The first-order valence-corrected chi connectivity index (χ1v) is 6.64. The van der Waals surface area contributed by atoms with E-state index in [1.54, 1.807) is 11.6 Å². The minimum Gasteiger partial charge on any atom is -0.480 e. The molecule has 6 nitrogen and oxygen atoms in total. The van der Waals surface area contributed by atoms with E-state index in [1.807, 2.05) is 19.2 Å². The van der Waals surface area contributed by atoms with E-state index in [9.17, 15) is 22.8 Å². The van der Waals surface area contributed by atoms with E-state index < -0.39 is 30.5 Å². The number of aromatic nitrogens is 2. The Morgan fingerprint density at radius 3 is 2.45 bits per heavy atom. The molecule has 1 atom stereocenters. The standard InChI is InChI=1S/C13H18F3N3O3/c1-7(2)6-19-8(3)9(5-17-19)11(20)18-10(12(21)22)4-13(14,15)16/h5,7,10H,4,6H2,1-3H3,(H,18,20)(H,21,22). The summed E-state index contributed by atoms with van der Waals surface area (Å²) in [5, 5.41) is 14.7. The smallest absolute Gasteiger partial charge is 0.391 e. The van der Waals surface area contributed by atoms with Crippen molar-refractivity contribution < 1.29 is 27.9 Å². The Morgan fingerprint density at radius 2 is 2.00 bits per heavy atom. The van der Waals surface area contributed by atoms with Crippen molar-refractivity contribution in [2.24, 2.45) is 5.92 Å². The number of carboxylic acids is 1. The normalized spacial score (nSPS) is 13.2. The molecule has 0 aromatic carbocycles. The Labute approximate surface area is 125 Å². The molecule has 1 heterocycles. The Hall–Kier alpha value is -2.06. The lowest BCUT2D eigenvalue weighted by molar-refractivity contribution is -0.157. The van der Waals surface area contributed by atoms with Crippen molar-refractivity contribution in [2.75, 3.05) is 0 Å². The molecule has 9 heteroatoms. The molecule has 2 N–H and O–H groups in total. The number of carbonyl (C=O) groups is 2. The molecule has 0 fully saturated rings. The van der Waals surface area contributed by atoms with Crippen molar-refractivity contribution in [1.29, 1.82) is 0 Å². The molecular weight excluding hydrogens is 303 g/mol. The maximum Gasteiger partial charge on any atom is 0.391 e. The van der Waals surface area contributed by atoms with Gasteiger partial charge in [0.05, 0.1) is 18.2 Å². The van der Waals surface area contributed by atoms with Crippen LogP contribution in [0.5, 0.6) is 0 Å². The molecule has 1 aromatic rings. The third-order valence-corrected chi connectivity index (χ3v) is 2.92. The summed E-state index contributed by atoms with van der Waals surface area (Å²) < 4.78 is 38.5. The van der Waals surface area contributed by atoms with Crippen molar-refractivity contribution in [2.45, 2.75) is 46.0 Å². The first-order valence-electron chi connectivity index (χ1n) is 6.64. The quantitative estimate of drug-likeness (QED) is 0.839. The lowest BCUT2D eigenvalue weighted by Crippen LogP contribution is -2.43. The predicted octanol–water partition coefficient (Wildman–Crippen LogP) is 1.98. The van der Waals surface area contributed by atoms with E-state index in [-0.39, 0.29) is 11.5 Å². The van der Waals surface area contributed by atoms with Gasteiger partial charge >= 0.3 is 12.1 Å². The van der Waals surface area contributed by atoms with Gasteiger partial charge in [-0.2, -0.15) is 18.3 Å². The first-order chi connectivity index (χ1) is 10.0. The van der Waals surface area contributed by atoms with E-state index in [4.69, 9.17) is 5.11 Å². The molecule has 0 saturated heterocycles. The highest BCUT2D eigenvalue weighted by molar-refractivity contribution is 5.97. The first kappa shape index (κ1) is 18.0. The number of carboxylic acid groups (broad SMARTS) is 1. The summed E-state index contributed by atoms with van der Waals surface area (Å²) in [6, 6.07) is -2.03. The zero-order valence-electron chi connectivity index (χ0n) is 12.4. The summed E-state index contributed by atoms with van der Waals surface area (Å²) in [5.41, 5.74) is 0.538. The van der Waals surface area contributed by atoms with Crippen LogP contribution in [0.3, 0.4) is 0 Å². The summed E-state index contributed by atoms with van der Waals surface area (Å²) in [5.74, 6) is -2.35. The summed E-state index contributed by atoms with van der Waals surface area (Å²) in [6.07, 6.45) is -5.10. The van der Waals surface area contributed by atoms with Crippen molar-refractivity contribution in [3.8, 4) is 0 Å². The van der Waals surface area contributed by atoms with Gasteiger partial charge in [-0.15, -0.1) is 0 Å². The molecule has 0 bridgehead atoms. The van der Waals surface area contributed by atoms with Gasteiger partial charge in [-0.3, -0.25) is 9.48 Å². The van der Waals surface area contributed by atoms with E-state index in [1.165, 1.54) is 6.20 Å². The Morgan fingerprint density at radius 1 is 1.41 bits per heavy atom. The average Bonchev–Trinajstić information content (AvgIpc) is 2.67. The van der Waals surface area contributed by atoms with Crippen LogP contribution in [0.4, 0.5) is 13.2 Å². The van der Waals surface area contributed by atoms with Crippen molar-refractivity contribution >= 4 is 11.9 Å². The van der Waals surface area contributed by atoms with E-state index >= 15 is 0 Å². The number of hydrogen-bond acceptors (Lipinski definition) is 3. The van der Waals surface area contributed by atoms with Gasteiger partial charge < -0.3 is 10.4 Å². The van der Waals surface area contributed by atoms with Gasteiger partial charge in [0.2, 0.25) is 0 Å². The number of hydrogen-bond donors (Lipinski definition) is 2. The molecule has 1 aromatic heterocycles. The van der Waals surface area contributed by atoms with Crippen LogP contribution in [0.15, 0.2) is 6.20 Å². The van der Waals surface area contributed by atoms with Gasteiger partial charge in [0, 0.05) is 12.2 Å². The van der Waals surface area contributed by atoms with E-state index in [0.717, 1.165) is 0 Å².